The predicted octanol–water partition coefficient (Wildman–Crippen LogP) is 1.20. The molecule has 0 aliphatic carbocycles. The van der Waals surface area contributed by atoms with Crippen molar-refractivity contribution in [3.8, 4) is 12.3 Å². The van der Waals surface area contributed by atoms with Crippen molar-refractivity contribution >= 4 is 10.0 Å². The van der Waals surface area contributed by atoms with Gasteiger partial charge in [0.1, 0.15) is 5.82 Å². The maximum Gasteiger partial charge on any atom is 0.240 e. The number of hydrogen-bond donors (Lipinski definition) is 1. The zero-order chi connectivity index (χ0) is 14.6. The van der Waals surface area contributed by atoms with Gasteiger partial charge in [-0.15, -0.1) is 6.42 Å². The normalized spacial score (nSPS) is 20.5. The molecule has 1 N–H and O–H groups in total. The average molecular weight is 296 g/mol. The van der Waals surface area contributed by atoms with E-state index in [4.69, 9.17) is 6.42 Å². The number of halogens is 1. The van der Waals surface area contributed by atoms with E-state index in [1.54, 1.807) is 0 Å². The summed E-state index contributed by atoms with van der Waals surface area (Å²) in [7, 11) is -3.69. The van der Waals surface area contributed by atoms with Gasteiger partial charge in [-0.05, 0) is 37.6 Å². The third-order valence-electron chi connectivity index (χ3n) is 3.25. The Morgan fingerprint density at radius 2 is 2.30 bits per heavy atom. The topological polar surface area (TPSA) is 49.4 Å². The molecule has 1 heterocycles. The van der Waals surface area contributed by atoms with E-state index in [1.807, 2.05) is 4.90 Å². The minimum absolute atomic E-state index is 0.0495. The van der Waals surface area contributed by atoms with Crippen LogP contribution in [0.15, 0.2) is 29.2 Å². The molecule has 108 valence electrons. The van der Waals surface area contributed by atoms with Crippen LogP contribution in [0.1, 0.15) is 12.8 Å². The van der Waals surface area contributed by atoms with Crippen molar-refractivity contribution in [2.45, 2.75) is 23.8 Å². The van der Waals surface area contributed by atoms with Gasteiger partial charge in [-0.2, -0.15) is 0 Å². The summed E-state index contributed by atoms with van der Waals surface area (Å²) < 4.78 is 40.1. The molecule has 6 heteroatoms. The van der Waals surface area contributed by atoms with Gasteiger partial charge >= 0.3 is 0 Å². The Hall–Kier alpha value is -1.42. The van der Waals surface area contributed by atoms with Gasteiger partial charge in [0, 0.05) is 12.6 Å². The van der Waals surface area contributed by atoms with E-state index in [0.717, 1.165) is 25.5 Å². The van der Waals surface area contributed by atoms with Crippen LogP contribution in [-0.4, -0.2) is 39.0 Å². The van der Waals surface area contributed by atoms with E-state index in [0.29, 0.717) is 13.1 Å². The van der Waals surface area contributed by atoms with Gasteiger partial charge in [-0.1, -0.05) is 12.0 Å². The second-order valence-electron chi connectivity index (χ2n) is 4.86. The minimum Gasteiger partial charge on any atom is -0.291 e. The fraction of sp³-hybridized carbons (Fsp3) is 0.429. The summed E-state index contributed by atoms with van der Waals surface area (Å²) >= 11 is 0. The first-order chi connectivity index (χ1) is 9.51. The molecule has 1 aromatic rings. The number of sulfonamides is 1. The molecule has 20 heavy (non-hydrogen) atoms. The fourth-order valence-corrected chi connectivity index (χ4v) is 3.64. The van der Waals surface area contributed by atoms with E-state index >= 15 is 0 Å². The van der Waals surface area contributed by atoms with Crippen LogP contribution in [0.5, 0.6) is 0 Å². The molecule has 1 fully saturated rings. The molecule has 4 nitrogen and oxygen atoms in total. The van der Waals surface area contributed by atoms with Crippen LogP contribution in [0.3, 0.4) is 0 Å². The average Bonchev–Trinajstić information content (AvgIpc) is 2.39. The number of terminal acetylenes is 1. The largest absolute Gasteiger partial charge is 0.291 e. The van der Waals surface area contributed by atoms with Gasteiger partial charge in [0.25, 0.3) is 0 Å². The third-order valence-corrected chi connectivity index (χ3v) is 4.77. The van der Waals surface area contributed by atoms with Crippen LogP contribution in [-0.2, 0) is 10.0 Å². The van der Waals surface area contributed by atoms with E-state index in [9.17, 15) is 12.8 Å². The highest BCUT2D eigenvalue weighted by atomic mass is 32.2. The van der Waals surface area contributed by atoms with Crippen LogP contribution in [0, 0.1) is 18.2 Å². The van der Waals surface area contributed by atoms with Crippen LogP contribution < -0.4 is 4.72 Å². The molecule has 1 aliphatic heterocycles. The third kappa shape index (κ3) is 3.79. The first kappa shape index (κ1) is 15.0. The van der Waals surface area contributed by atoms with Gasteiger partial charge in [0.15, 0.2) is 0 Å². The first-order valence-electron chi connectivity index (χ1n) is 6.45. The van der Waals surface area contributed by atoms with Crippen molar-refractivity contribution in [1.82, 2.24) is 9.62 Å². The molecule has 2 rings (SSSR count). The molecule has 0 spiro atoms. The lowest BCUT2D eigenvalue weighted by Gasteiger charge is -2.31. The van der Waals surface area contributed by atoms with Crippen LogP contribution in [0.2, 0.25) is 0 Å². The van der Waals surface area contributed by atoms with Crippen molar-refractivity contribution in [2.24, 2.45) is 0 Å². The standard InChI is InChI=1S/C14H17FN2O2S/c1-2-8-17-9-4-6-13(11-17)16-20(18,19)14-7-3-5-12(15)10-14/h1,3,5,7,10,13,16H,4,6,8-9,11H2/t13-/m0/s1. The van der Waals surface area contributed by atoms with E-state index in [1.165, 1.54) is 18.2 Å². The number of likely N-dealkylation sites (tertiary alicyclic amines) is 1. The molecular formula is C14H17FN2O2S. The molecule has 1 atom stereocenters. The highest BCUT2D eigenvalue weighted by Crippen LogP contribution is 2.15. The van der Waals surface area contributed by atoms with E-state index in [2.05, 4.69) is 10.6 Å². The second-order valence-corrected chi connectivity index (χ2v) is 6.57. The van der Waals surface area contributed by atoms with Crippen LogP contribution in [0.25, 0.3) is 0 Å². The lowest BCUT2D eigenvalue weighted by molar-refractivity contribution is 0.224. The summed E-state index contributed by atoms with van der Waals surface area (Å²) in [6.45, 7) is 1.97. The number of rotatable bonds is 4. The maximum atomic E-state index is 13.1. The summed E-state index contributed by atoms with van der Waals surface area (Å²) in [6, 6.07) is 4.81. The van der Waals surface area contributed by atoms with Crippen LogP contribution in [0.4, 0.5) is 4.39 Å². The van der Waals surface area contributed by atoms with Gasteiger partial charge in [-0.25, -0.2) is 17.5 Å². The van der Waals surface area contributed by atoms with Crippen molar-refractivity contribution in [3.63, 3.8) is 0 Å². The summed E-state index contributed by atoms with van der Waals surface area (Å²) in [5, 5.41) is 0. The lowest BCUT2D eigenvalue weighted by atomic mass is 10.1. The number of hydrogen-bond acceptors (Lipinski definition) is 3. The van der Waals surface area contributed by atoms with Crippen LogP contribution >= 0.6 is 0 Å². The fourth-order valence-electron chi connectivity index (χ4n) is 2.35. The van der Waals surface area contributed by atoms with Crippen molar-refractivity contribution in [1.29, 1.82) is 0 Å². The zero-order valence-corrected chi connectivity index (χ0v) is 11.9. The number of nitrogens with zero attached hydrogens (tertiary/aromatic N) is 1. The Balaban J connectivity index is 2.07. The van der Waals surface area contributed by atoms with Crippen molar-refractivity contribution < 1.29 is 12.8 Å². The van der Waals surface area contributed by atoms with E-state index in [-0.39, 0.29) is 10.9 Å². The summed E-state index contributed by atoms with van der Waals surface area (Å²) in [5.41, 5.74) is 0. The smallest absolute Gasteiger partial charge is 0.240 e. The predicted molar refractivity (Wildman–Crippen MR) is 75.0 cm³/mol. The lowest BCUT2D eigenvalue weighted by Crippen LogP contribution is -2.47. The number of piperidine rings is 1. The molecule has 0 radical (unpaired) electrons. The Kier molecular flexibility index (Phi) is 4.76. The Labute approximate surface area is 119 Å². The van der Waals surface area contributed by atoms with E-state index < -0.39 is 15.8 Å². The SMILES string of the molecule is C#CCN1CCC[C@H](NS(=O)(=O)c2cccc(F)c2)C1. The van der Waals surface area contributed by atoms with Crippen molar-refractivity contribution in [2.75, 3.05) is 19.6 Å². The quantitative estimate of drug-likeness (QED) is 0.850. The maximum absolute atomic E-state index is 13.1. The monoisotopic (exact) mass is 296 g/mol. The molecule has 0 saturated carbocycles. The molecule has 0 amide bonds. The highest BCUT2D eigenvalue weighted by Gasteiger charge is 2.25. The number of nitrogens with one attached hydrogen (secondary N) is 1. The summed E-state index contributed by atoms with van der Waals surface area (Å²) in [5.74, 6) is 1.99. The molecule has 1 aliphatic rings. The summed E-state index contributed by atoms with van der Waals surface area (Å²) in [4.78, 5) is 1.98. The first-order valence-corrected chi connectivity index (χ1v) is 7.93. The zero-order valence-electron chi connectivity index (χ0n) is 11.0. The molecular weight excluding hydrogens is 279 g/mol. The number of benzene rings is 1. The summed E-state index contributed by atoms with van der Waals surface area (Å²) in [6.07, 6.45) is 6.91. The molecule has 1 saturated heterocycles. The second kappa shape index (κ2) is 6.35. The molecule has 0 unspecified atom stereocenters. The highest BCUT2D eigenvalue weighted by molar-refractivity contribution is 7.89. The van der Waals surface area contributed by atoms with Crippen molar-refractivity contribution in [3.05, 3.63) is 30.1 Å². The van der Waals surface area contributed by atoms with Gasteiger partial charge < -0.3 is 0 Å². The minimum atomic E-state index is -3.69. The molecule has 1 aromatic carbocycles. The Morgan fingerprint density at radius 3 is 3.00 bits per heavy atom. The van der Waals surface area contributed by atoms with Gasteiger partial charge in [0.2, 0.25) is 10.0 Å². The Bertz CT molecular complexity index is 610. The Morgan fingerprint density at radius 1 is 1.50 bits per heavy atom. The van der Waals surface area contributed by atoms with Gasteiger partial charge in [0.05, 0.1) is 11.4 Å². The van der Waals surface area contributed by atoms with Gasteiger partial charge in [-0.3, -0.25) is 4.90 Å². The molecule has 0 aromatic heterocycles. The molecule has 0 bridgehead atoms.